The Morgan fingerprint density at radius 2 is 2.23 bits per heavy atom. The van der Waals surface area contributed by atoms with Gasteiger partial charge in [-0.3, -0.25) is 9.78 Å². The lowest BCUT2D eigenvalue weighted by atomic mass is 10.1. The van der Waals surface area contributed by atoms with E-state index in [0.717, 1.165) is 30.0 Å². The largest absolute Gasteiger partial charge is 0.378 e. The molecule has 1 fully saturated rings. The van der Waals surface area contributed by atoms with Crippen LogP contribution in [-0.4, -0.2) is 59.1 Å². The number of carbonyl (C=O) groups excluding carboxylic acids is 1. The first-order valence-corrected chi connectivity index (χ1v) is 9.04. The molecule has 3 heterocycles. The minimum Gasteiger partial charge on any atom is -0.378 e. The fourth-order valence-corrected chi connectivity index (χ4v) is 3.14. The fourth-order valence-electron chi connectivity index (χ4n) is 3.14. The standard InChI is InChI=1S/C19H27N5O2/c1-15-11-16(22(2)3)12-17(21-15)18-13-24(9-10-26-18)19(25)5-4-7-23-8-6-20-14-23/h6,8,11-12,14,18H,4-5,7,9-10,13H2,1-3H3/t18-/m0/s1. The van der Waals surface area contributed by atoms with E-state index in [1.54, 1.807) is 12.5 Å². The highest BCUT2D eigenvalue weighted by Crippen LogP contribution is 2.25. The number of morpholine rings is 1. The van der Waals surface area contributed by atoms with Crippen LogP contribution in [0.1, 0.15) is 30.3 Å². The molecular formula is C19H27N5O2. The predicted octanol–water partition coefficient (Wildman–Crippen LogP) is 2.03. The van der Waals surface area contributed by atoms with Gasteiger partial charge in [-0.05, 0) is 25.5 Å². The Morgan fingerprint density at radius 1 is 1.38 bits per heavy atom. The summed E-state index contributed by atoms with van der Waals surface area (Å²) in [7, 11) is 4.02. The molecule has 0 aliphatic carbocycles. The Morgan fingerprint density at radius 3 is 2.96 bits per heavy atom. The average molecular weight is 357 g/mol. The molecule has 0 aromatic carbocycles. The monoisotopic (exact) mass is 357 g/mol. The Hall–Kier alpha value is -2.41. The Bertz CT molecular complexity index is 730. The molecular weight excluding hydrogens is 330 g/mol. The van der Waals surface area contributed by atoms with E-state index in [4.69, 9.17) is 4.74 Å². The highest BCUT2D eigenvalue weighted by molar-refractivity contribution is 5.76. The molecule has 1 amide bonds. The summed E-state index contributed by atoms with van der Waals surface area (Å²) in [4.78, 5) is 25.2. The number of carbonyl (C=O) groups is 1. The molecule has 3 rings (SSSR count). The third kappa shape index (κ3) is 4.60. The maximum Gasteiger partial charge on any atom is 0.222 e. The molecule has 7 heteroatoms. The van der Waals surface area contributed by atoms with Crippen LogP contribution in [0.15, 0.2) is 30.9 Å². The van der Waals surface area contributed by atoms with Crippen molar-refractivity contribution >= 4 is 11.6 Å². The van der Waals surface area contributed by atoms with Crippen molar-refractivity contribution in [1.29, 1.82) is 0 Å². The second-order valence-corrected chi connectivity index (χ2v) is 6.89. The number of aryl methyl sites for hydroxylation is 2. The Kier molecular flexibility index (Phi) is 5.88. The Balaban J connectivity index is 1.59. The molecule has 1 atom stereocenters. The summed E-state index contributed by atoms with van der Waals surface area (Å²) in [5, 5.41) is 0. The molecule has 0 N–H and O–H groups in total. The summed E-state index contributed by atoms with van der Waals surface area (Å²) >= 11 is 0. The maximum atomic E-state index is 12.6. The van der Waals surface area contributed by atoms with Crippen LogP contribution >= 0.6 is 0 Å². The first-order chi connectivity index (χ1) is 12.5. The predicted molar refractivity (Wildman–Crippen MR) is 100 cm³/mol. The number of hydrogen-bond donors (Lipinski definition) is 0. The van der Waals surface area contributed by atoms with Gasteiger partial charge in [0.1, 0.15) is 6.10 Å². The van der Waals surface area contributed by atoms with Crippen LogP contribution in [0.4, 0.5) is 5.69 Å². The molecule has 7 nitrogen and oxygen atoms in total. The van der Waals surface area contributed by atoms with Crippen LogP contribution < -0.4 is 4.90 Å². The second kappa shape index (κ2) is 8.31. The quantitative estimate of drug-likeness (QED) is 0.792. The number of imidazole rings is 1. The lowest BCUT2D eigenvalue weighted by Crippen LogP contribution is -2.42. The van der Waals surface area contributed by atoms with E-state index in [2.05, 4.69) is 14.9 Å². The first kappa shape index (κ1) is 18.4. The van der Waals surface area contributed by atoms with E-state index in [1.807, 2.05) is 48.8 Å². The normalized spacial score (nSPS) is 17.3. The van der Waals surface area contributed by atoms with E-state index < -0.39 is 0 Å². The highest BCUT2D eigenvalue weighted by atomic mass is 16.5. The van der Waals surface area contributed by atoms with Crippen molar-refractivity contribution in [3.63, 3.8) is 0 Å². The SMILES string of the molecule is Cc1cc(N(C)C)cc([C@@H]2CN(C(=O)CCCn3ccnc3)CCO2)n1. The number of pyridine rings is 1. The van der Waals surface area contributed by atoms with Crippen molar-refractivity contribution in [2.45, 2.75) is 32.4 Å². The molecule has 2 aromatic rings. The second-order valence-electron chi connectivity index (χ2n) is 6.89. The Labute approximate surface area is 154 Å². The summed E-state index contributed by atoms with van der Waals surface area (Å²) in [6, 6.07) is 4.09. The van der Waals surface area contributed by atoms with Crippen LogP contribution in [0, 0.1) is 6.92 Å². The van der Waals surface area contributed by atoms with Crippen LogP contribution in [0.25, 0.3) is 0 Å². The molecule has 140 valence electrons. The van der Waals surface area contributed by atoms with Gasteiger partial charge in [0.25, 0.3) is 0 Å². The highest BCUT2D eigenvalue weighted by Gasteiger charge is 2.26. The summed E-state index contributed by atoms with van der Waals surface area (Å²) in [5.41, 5.74) is 2.95. The van der Waals surface area contributed by atoms with Gasteiger partial charge < -0.3 is 19.1 Å². The van der Waals surface area contributed by atoms with E-state index in [0.29, 0.717) is 26.1 Å². The lowest BCUT2D eigenvalue weighted by Gasteiger charge is -2.33. The first-order valence-electron chi connectivity index (χ1n) is 9.04. The average Bonchev–Trinajstić information content (AvgIpc) is 3.14. The van der Waals surface area contributed by atoms with Crippen LogP contribution in [0.5, 0.6) is 0 Å². The summed E-state index contributed by atoms with van der Waals surface area (Å²) in [6.07, 6.45) is 6.63. The molecule has 1 saturated heterocycles. The molecule has 0 bridgehead atoms. The van der Waals surface area contributed by atoms with Gasteiger partial charge in [0.05, 0.1) is 25.2 Å². The van der Waals surface area contributed by atoms with Crippen molar-refractivity contribution in [2.75, 3.05) is 38.7 Å². The van der Waals surface area contributed by atoms with Crippen molar-refractivity contribution in [3.8, 4) is 0 Å². The molecule has 0 saturated carbocycles. The van der Waals surface area contributed by atoms with Gasteiger partial charge in [-0.15, -0.1) is 0 Å². The van der Waals surface area contributed by atoms with E-state index in [1.165, 1.54) is 0 Å². The smallest absolute Gasteiger partial charge is 0.222 e. The fraction of sp³-hybridized carbons (Fsp3) is 0.526. The third-order valence-corrected chi connectivity index (χ3v) is 4.59. The molecule has 0 radical (unpaired) electrons. The number of amides is 1. The summed E-state index contributed by atoms with van der Waals surface area (Å²) < 4.78 is 7.91. The molecule has 2 aromatic heterocycles. The molecule has 1 aliphatic heterocycles. The van der Waals surface area contributed by atoms with Gasteiger partial charge in [0, 0.05) is 57.4 Å². The zero-order valence-corrected chi connectivity index (χ0v) is 15.8. The van der Waals surface area contributed by atoms with Gasteiger partial charge in [0.2, 0.25) is 5.91 Å². The number of nitrogens with zero attached hydrogens (tertiary/aromatic N) is 5. The molecule has 0 unspecified atom stereocenters. The van der Waals surface area contributed by atoms with Crippen molar-refractivity contribution in [1.82, 2.24) is 19.4 Å². The van der Waals surface area contributed by atoms with Crippen molar-refractivity contribution < 1.29 is 9.53 Å². The molecule has 0 spiro atoms. The number of aromatic nitrogens is 3. The number of ether oxygens (including phenoxy) is 1. The number of anilines is 1. The minimum absolute atomic E-state index is 0.167. The van der Waals surface area contributed by atoms with Crippen molar-refractivity contribution in [2.24, 2.45) is 0 Å². The zero-order valence-electron chi connectivity index (χ0n) is 15.8. The van der Waals surface area contributed by atoms with Crippen LogP contribution in [0.3, 0.4) is 0 Å². The van der Waals surface area contributed by atoms with Gasteiger partial charge in [-0.1, -0.05) is 0 Å². The minimum atomic E-state index is -0.167. The van der Waals surface area contributed by atoms with Crippen molar-refractivity contribution in [3.05, 3.63) is 42.2 Å². The number of rotatable bonds is 6. The molecule has 26 heavy (non-hydrogen) atoms. The molecule has 1 aliphatic rings. The zero-order chi connectivity index (χ0) is 18.5. The van der Waals surface area contributed by atoms with Gasteiger partial charge in [0.15, 0.2) is 0 Å². The summed E-state index contributed by atoms with van der Waals surface area (Å²) in [6.45, 7) is 4.55. The number of hydrogen-bond acceptors (Lipinski definition) is 5. The lowest BCUT2D eigenvalue weighted by molar-refractivity contribution is -0.139. The van der Waals surface area contributed by atoms with E-state index in [-0.39, 0.29) is 12.0 Å². The third-order valence-electron chi connectivity index (χ3n) is 4.59. The van der Waals surface area contributed by atoms with Crippen LogP contribution in [-0.2, 0) is 16.1 Å². The maximum absolute atomic E-state index is 12.6. The summed E-state index contributed by atoms with van der Waals surface area (Å²) in [5.74, 6) is 0.180. The van der Waals surface area contributed by atoms with E-state index >= 15 is 0 Å². The van der Waals surface area contributed by atoms with Gasteiger partial charge in [-0.2, -0.15) is 0 Å². The van der Waals surface area contributed by atoms with E-state index in [9.17, 15) is 4.79 Å². The van der Waals surface area contributed by atoms with Gasteiger partial charge >= 0.3 is 0 Å². The van der Waals surface area contributed by atoms with Crippen LogP contribution in [0.2, 0.25) is 0 Å². The van der Waals surface area contributed by atoms with Gasteiger partial charge in [-0.25, -0.2) is 4.98 Å². The topological polar surface area (TPSA) is 63.5 Å².